The van der Waals surface area contributed by atoms with Gasteiger partial charge in [-0.1, -0.05) is 35.9 Å². The summed E-state index contributed by atoms with van der Waals surface area (Å²) in [4.78, 5) is 43.0. The lowest BCUT2D eigenvalue weighted by molar-refractivity contribution is -0.149. The van der Waals surface area contributed by atoms with Crippen molar-refractivity contribution in [3.63, 3.8) is 0 Å². The number of carbonyl (C=O) groups is 3. The molecule has 0 aliphatic heterocycles. The molecule has 1 aliphatic carbocycles. The molecule has 0 radical (unpaired) electrons. The number of nitrogens with one attached hydrogen (secondary N) is 2. The molecular formula is C22H22ClN3O4S. The van der Waals surface area contributed by atoms with Crippen molar-refractivity contribution in [3.8, 4) is 0 Å². The zero-order chi connectivity index (χ0) is 22.1. The molecule has 0 saturated heterocycles. The molecule has 2 atom stereocenters. The number of H-pyrrole nitrogens is 1. The van der Waals surface area contributed by atoms with Crippen molar-refractivity contribution in [2.45, 2.75) is 31.8 Å². The number of benzene rings is 1. The second-order valence-electron chi connectivity index (χ2n) is 7.43. The van der Waals surface area contributed by atoms with Gasteiger partial charge in [0.15, 0.2) is 0 Å². The largest absolute Gasteiger partial charge is 0.466 e. The first kappa shape index (κ1) is 21.4. The monoisotopic (exact) mass is 459 g/mol. The maximum Gasteiger partial charge on any atom is 0.315 e. The number of aromatic amines is 1. The molecule has 7 nitrogen and oxygen atoms in total. The number of amides is 2. The number of hydrogen-bond donors (Lipinski definition) is 2. The van der Waals surface area contributed by atoms with Crippen LogP contribution in [0.4, 0.5) is 0 Å². The topological polar surface area (TPSA) is 91.5 Å². The van der Waals surface area contributed by atoms with E-state index in [9.17, 15) is 14.4 Å². The van der Waals surface area contributed by atoms with E-state index in [1.165, 1.54) is 16.2 Å². The van der Waals surface area contributed by atoms with Gasteiger partial charge >= 0.3 is 5.97 Å². The van der Waals surface area contributed by atoms with Gasteiger partial charge in [0.05, 0.1) is 23.0 Å². The smallest absolute Gasteiger partial charge is 0.315 e. The van der Waals surface area contributed by atoms with Crippen molar-refractivity contribution in [2.75, 3.05) is 13.7 Å². The minimum Gasteiger partial charge on any atom is -0.466 e. The average molecular weight is 460 g/mol. The maximum atomic E-state index is 13.0. The molecule has 2 heterocycles. The molecule has 0 saturated carbocycles. The normalized spacial score (nSPS) is 17.4. The molecule has 31 heavy (non-hydrogen) atoms. The summed E-state index contributed by atoms with van der Waals surface area (Å²) in [6.45, 7) is 1.92. The Bertz CT molecular complexity index is 1120. The summed E-state index contributed by atoms with van der Waals surface area (Å²) in [5.74, 6) is -1.17. The summed E-state index contributed by atoms with van der Waals surface area (Å²) >= 11 is 7.39. The second kappa shape index (κ2) is 8.72. The highest BCUT2D eigenvalue weighted by Crippen LogP contribution is 2.36. The SMILES string of the molecule is CCOC(=O)CC(=O)N(C)[C@@H]1c2ccccc2C[C@H]1NC(=O)c1cc2cc(Cl)sc2[nH]1. The number of fused-ring (bicyclic) bond motifs is 2. The van der Waals surface area contributed by atoms with Gasteiger partial charge in [0.25, 0.3) is 5.91 Å². The number of nitrogens with zero attached hydrogens (tertiary/aromatic N) is 1. The van der Waals surface area contributed by atoms with Crippen LogP contribution >= 0.6 is 22.9 Å². The molecule has 0 fully saturated rings. The van der Waals surface area contributed by atoms with Gasteiger partial charge in [0.2, 0.25) is 5.91 Å². The molecule has 2 amide bonds. The third-order valence-corrected chi connectivity index (χ3v) is 6.64. The van der Waals surface area contributed by atoms with Crippen LogP contribution < -0.4 is 5.32 Å². The van der Waals surface area contributed by atoms with Crippen molar-refractivity contribution in [2.24, 2.45) is 0 Å². The Hall–Kier alpha value is -2.84. The molecule has 162 valence electrons. The number of aromatic nitrogens is 1. The lowest BCUT2D eigenvalue weighted by atomic mass is 10.0. The highest BCUT2D eigenvalue weighted by molar-refractivity contribution is 7.22. The summed E-state index contributed by atoms with van der Waals surface area (Å²) < 4.78 is 5.56. The van der Waals surface area contributed by atoms with E-state index in [4.69, 9.17) is 16.3 Å². The van der Waals surface area contributed by atoms with Gasteiger partial charge in [-0.3, -0.25) is 14.4 Å². The number of carbonyl (C=O) groups excluding carboxylic acids is 3. The van der Waals surface area contributed by atoms with Gasteiger partial charge in [-0.15, -0.1) is 11.3 Å². The van der Waals surface area contributed by atoms with E-state index in [1.54, 1.807) is 20.0 Å². The lowest BCUT2D eigenvalue weighted by Gasteiger charge is -2.31. The van der Waals surface area contributed by atoms with Gasteiger partial charge in [-0.05, 0) is 36.6 Å². The Morgan fingerprint density at radius 2 is 2.06 bits per heavy atom. The van der Waals surface area contributed by atoms with E-state index in [-0.39, 0.29) is 36.9 Å². The molecule has 3 aromatic rings. The number of esters is 1. The number of halogens is 1. The molecule has 2 aromatic heterocycles. The molecule has 2 N–H and O–H groups in total. The molecule has 4 rings (SSSR count). The van der Waals surface area contributed by atoms with Crippen LogP contribution in [0.15, 0.2) is 36.4 Å². The maximum absolute atomic E-state index is 13.0. The second-order valence-corrected chi connectivity index (χ2v) is 9.12. The molecule has 0 unspecified atom stereocenters. The van der Waals surface area contributed by atoms with Gasteiger partial charge in [0, 0.05) is 12.4 Å². The average Bonchev–Trinajstić information content (AvgIpc) is 3.37. The fraction of sp³-hybridized carbons (Fsp3) is 0.318. The third-order valence-electron chi connectivity index (χ3n) is 5.45. The number of ether oxygens (including phenoxy) is 1. The number of likely N-dealkylation sites (N-methyl/N-ethyl adjacent to an activating group) is 1. The minimum absolute atomic E-state index is 0.222. The van der Waals surface area contributed by atoms with Gasteiger partial charge in [0.1, 0.15) is 16.9 Å². The summed E-state index contributed by atoms with van der Waals surface area (Å²) in [5, 5.41) is 3.95. The van der Waals surface area contributed by atoms with E-state index < -0.39 is 5.97 Å². The number of thiophene rings is 1. The van der Waals surface area contributed by atoms with E-state index in [2.05, 4.69) is 10.3 Å². The Balaban J connectivity index is 1.55. The van der Waals surface area contributed by atoms with Gasteiger partial charge < -0.3 is 19.9 Å². The summed E-state index contributed by atoms with van der Waals surface area (Å²) in [5.41, 5.74) is 2.47. The van der Waals surface area contributed by atoms with Crippen LogP contribution in [-0.2, 0) is 20.7 Å². The highest BCUT2D eigenvalue weighted by atomic mass is 35.5. The van der Waals surface area contributed by atoms with Crippen LogP contribution in [-0.4, -0.2) is 47.4 Å². The fourth-order valence-electron chi connectivity index (χ4n) is 4.06. The molecule has 1 aliphatic rings. The summed E-state index contributed by atoms with van der Waals surface area (Å²) in [6.07, 6.45) is 0.252. The van der Waals surface area contributed by atoms with Crippen LogP contribution in [0.2, 0.25) is 4.34 Å². The lowest BCUT2D eigenvalue weighted by Crippen LogP contribution is -2.45. The van der Waals surface area contributed by atoms with E-state index in [1.807, 2.05) is 30.3 Å². The first-order chi connectivity index (χ1) is 14.9. The quantitative estimate of drug-likeness (QED) is 0.434. The standard InChI is InChI=1S/C22H22ClN3O4S/c1-3-30-19(28)11-18(27)26(2)20-14-7-5-4-6-12(14)8-15(20)24-21(29)16-9-13-10-17(23)31-22(13)25-16/h4-7,9-10,15,20,25H,3,8,11H2,1-2H3,(H,24,29)/t15-,20-/m1/s1. The minimum atomic E-state index is -0.559. The van der Waals surface area contributed by atoms with Crippen molar-refractivity contribution < 1.29 is 19.1 Å². The number of rotatable bonds is 6. The van der Waals surface area contributed by atoms with Gasteiger partial charge in [-0.2, -0.15) is 0 Å². The molecule has 0 spiro atoms. The Morgan fingerprint density at radius 1 is 1.29 bits per heavy atom. The molecule has 9 heteroatoms. The van der Waals surface area contributed by atoms with E-state index in [0.29, 0.717) is 16.5 Å². The van der Waals surface area contributed by atoms with E-state index >= 15 is 0 Å². The summed E-state index contributed by atoms with van der Waals surface area (Å²) in [7, 11) is 1.65. The molecular weight excluding hydrogens is 438 g/mol. The van der Waals surface area contributed by atoms with Crippen LogP contribution in [0.25, 0.3) is 10.2 Å². The Kier molecular flexibility index (Phi) is 6.02. The van der Waals surface area contributed by atoms with Crippen molar-refractivity contribution >= 4 is 50.9 Å². The van der Waals surface area contributed by atoms with Crippen LogP contribution in [0.3, 0.4) is 0 Å². The Morgan fingerprint density at radius 3 is 2.81 bits per heavy atom. The summed E-state index contributed by atoms with van der Waals surface area (Å²) in [6, 6.07) is 10.6. The van der Waals surface area contributed by atoms with E-state index in [0.717, 1.165) is 21.3 Å². The predicted molar refractivity (Wildman–Crippen MR) is 119 cm³/mol. The van der Waals surface area contributed by atoms with Crippen LogP contribution in [0.5, 0.6) is 0 Å². The first-order valence-corrected chi connectivity index (χ1v) is 11.1. The molecule has 1 aromatic carbocycles. The van der Waals surface area contributed by atoms with Crippen molar-refractivity contribution in [1.29, 1.82) is 0 Å². The Labute approximate surface area is 188 Å². The first-order valence-electron chi connectivity index (χ1n) is 9.95. The van der Waals surface area contributed by atoms with Crippen LogP contribution in [0, 0.1) is 0 Å². The third kappa shape index (κ3) is 4.31. The fourth-order valence-corrected chi connectivity index (χ4v) is 5.19. The predicted octanol–water partition coefficient (Wildman–Crippen LogP) is 3.69. The van der Waals surface area contributed by atoms with Crippen molar-refractivity contribution in [3.05, 3.63) is 57.6 Å². The zero-order valence-electron chi connectivity index (χ0n) is 17.1. The van der Waals surface area contributed by atoms with Gasteiger partial charge in [-0.25, -0.2) is 0 Å². The van der Waals surface area contributed by atoms with Crippen molar-refractivity contribution in [1.82, 2.24) is 15.2 Å². The molecule has 0 bridgehead atoms. The zero-order valence-corrected chi connectivity index (χ0v) is 18.7. The number of hydrogen-bond acceptors (Lipinski definition) is 5. The van der Waals surface area contributed by atoms with Crippen LogP contribution in [0.1, 0.15) is 41.0 Å². The highest BCUT2D eigenvalue weighted by Gasteiger charge is 2.38.